The molecule has 2 saturated heterocycles. The van der Waals surface area contributed by atoms with Crippen molar-refractivity contribution in [2.45, 2.75) is 82.0 Å². The van der Waals surface area contributed by atoms with Gasteiger partial charge in [-0.15, -0.1) is 4.72 Å². The Bertz CT molecular complexity index is 943. The molecule has 2 aliphatic heterocycles. The van der Waals surface area contributed by atoms with Crippen molar-refractivity contribution in [2.75, 3.05) is 13.2 Å². The third kappa shape index (κ3) is 5.03. The zero-order chi connectivity index (χ0) is 24.5. The number of carbonyl (C=O) groups excluding carboxylic acids is 3. The Morgan fingerprint density at radius 1 is 1.21 bits per heavy atom. The Labute approximate surface area is 204 Å². The van der Waals surface area contributed by atoms with Gasteiger partial charge >= 0.3 is 6.03 Å². The van der Waals surface area contributed by atoms with E-state index < -0.39 is 45.4 Å². The monoisotopic (exact) mass is 489 g/mol. The van der Waals surface area contributed by atoms with Crippen LogP contribution in [0, 0.1) is 5.92 Å². The maximum atomic E-state index is 13.4. The van der Waals surface area contributed by atoms with E-state index in [0.717, 1.165) is 24.8 Å². The Morgan fingerprint density at radius 2 is 1.91 bits per heavy atom. The molecule has 9 heteroatoms. The number of hydrogen-bond acceptors (Lipinski definition) is 6. The molecule has 4 rings (SSSR count). The highest BCUT2D eigenvalue weighted by Crippen LogP contribution is 2.41. The highest BCUT2D eigenvalue weighted by Gasteiger charge is 2.47. The van der Waals surface area contributed by atoms with Gasteiger partial charge in [-0.2, -0.15) is 0 Å². The molecule has 4 amide bonds. The molecule has 186 valence electrons. The van der Waals surface area contributed by atoms with Crippen molar-refractivity contribution in [3.05, 3.63) is 35.4 Å². The number of imide groups is 2. The van der Waals surface area contributed by atoms with Gasteiger partial charge in [0.15, 0.2) is 0 Å². The molecule has 1 aromatic carbocycles. The van der Waals surface area contributed by atoms with Gasteiger partial charge in [0.05, 0.1) is 5.54 Å². The summed E-state index contributed by atoms with van der Waals surface area (Å²) in [5.41, 5.74) is 1.67. The lowest BCUT2D eigenvalue weighted by atomic mass is 9.73. The van der Waals surface area contributed by atoms with Gasteiger partial charge in [0.25, 0.3) is 0 Å². The topological polar surface area (TPSA) is 111 Å². The van der Waals surface area contributed by atoms with Crippen LogP contribution in [0.15, 0.2) is 24.3 Å². The van der Waals surface area contributed by atoms with E-state index in [-0.39, 0.29) is 12.5 Å². The quantitative estimate of drug-likeness (QED) is 0.470. The van der Waals surface area contributed by atoms with E-state index in [1.165, 1.54) is 10.5 Å². The van der Waals surface area contributed by atoms with Crippen LogP contribution in [0.25, 0.3) is 0 Å². The summed E-state index contributed by atoms with van der Waals surface area (Å²) >= 11 is -1.34. The van der Waals surface area contributed by atoms with E-state index in [0.29, 0.717) is 32.5 Å². The molecule has 0 aromatic heterocycles. The summed E-state index contributed by atoms with van der Waals surface area (Å²) in [6.45, 7) is 6.75. The third-order valence-corrected chi connectivity index (χ3v) is 8.83. The number of aryl methyl sites for hydroxylation is 1. The number of rotatable bonds is 6. The van der Waals surface area contributed by atoms with Crippen molar-refractivity contribution in [2.24, 2.45) is 5.92 Å². The zero-order valence-electron chi connectivity index (χ0n) is 20.2. The molecule has 3 atom stereocenters. The minimum absolute atomic E-state index is 0.257. The molecule has 2 heterocycles. The number of fused-ring (bicyclic) bond motifs is 1. The Kier molecular flexibility index (Phi) is 7.38. The first kappa shape index (κ1) is 25.2. The molecule has 0 bridgehead atoms. The lowest BCUT2D eigenvalue weighted by Gasteiger charge is -2.42. The van der Waals surface area contributed by atoms with Crippen molar-refractivity contribution in [3.63, 3.8) is 0 Å². The normalized spacial score (nSPS) is 27.4. The Morgan fingerprint density at radius 3 is 2.62 bits per heavy atom. The van der Waals surface area contributed by atoms with Crippen LogP contribution >= 0.6 is 0 Å². The lowest BCUT2D eigenvalue weighted by molar-refractivity contribution is -0.145. The molecular formula is C25H35N3O5S. The SMILES string of the molecule is CC(C)(C)[S+]([O-])N[C@@]1(CC[C@H]2C(=O)NC(=O)N(C3CCOCC3)C2=O)CCCc2ccccc21. The minimum Gasteiger partial charge on any atom is -0.598 e. The average molecular weight is 490 g/mol. The summed E-state index contributed by atoms with van der Waals surface area (Å²) in [5, 5.41) is 2.40. The van der Waals surface area contributed by atoms with Crippen LogP contribution in [0.4, 0.5) is 4.79 Å². The molecular weight excluding hydrogens is 454 g/mol. The fraction of sp³-hybridized carbons (Fsp3) is 0.640. The first-order valence-corrected chi connectivity index (χ1v) is 13.3. The van der Waals surface area contributed by atoms with Crippen molar-refractivity contribution in [1.82, 2.24) is 14.9 Å². The molecule has 1 aromatic rings. The number of benzene rings is 1. The maximum absolute atomic E-state index is 13.4. The number of urea groups is 1. The van der Waals surface area contributed by atoms with Crippen molar-refractivity contribution in [1.29, 1.82) is 0 Å². The number of carbonyl (C=O) groups is 3. The smallest absolute Gasteiger partial charge is 0.331 e. The van der Waals surface area contributed by atoms with Gasteiger partial charge in [-0.1, -0.05) is 24.3 Å². The van der Waals surface area contributed by atoms with E-state index in [9.17, 15) is 18.9 Å². The largest absolute Gasteiger partial charge is 0.598 e. The van der Waals surface area contributed by atoms with E-state index in [4.69, 9.17) is 4.74 Å². The molecule has 1 unspecified atom stereocenters. The second kappa shape index (κ2) is 9.97. The van der Waals surface area contributed by atoms with Crippen LogP contribution in [-0.2, 0) is 37.6 Å². The predicted molar refractivity (Wildman–Crippen MR) is 129 cm³/mol. The molecule has 2 fully saturated rings. The van der Waals surface area contributed by atoms with Gasteiger partial charge in [0.1, 0.15) is 10.7 Å². The predicted octanol–water partition coefficient (Wildman–Crippen LogP) is 2.92. The second-order valence-corrected chi connectivity index (χ2v) is 12.5. The van der Waals surface area contributed by atoms with Gasteiger partial charge in [-0.3, -0.25) is 19.8 Å². The fourth-order valence-corrected chi connectivity index (χ4v) is 6.21. The van der Waals surface area contributed by atoms with Crippen LogP contribution in [0.3, 0.4) is 0 Å². The highest BCUT2D eigenvalue weighted by atomic mass is 32.2. The number of barbiturate groups is 1. The zero-order valence-corrected chi connectivity index (χ0v) is 21.0. The first-order chi connectivity index (χ1) is 16.1. The van der Waals surface area contributed by atoms with E-state index in [2.05, 4.69) is 22.2 Å². The molecule has 1 aliphatic carbocycles. The van der Waals surface area contributed by atoms with Crippen LogP contribution in [-0.4, -0.2) is 51.3 Å². The van der Waals surface area contributed by atoms with Gasteiger partial charge < -0.3 is 9.29 Å². The summed E-state index contributed by atoms with van der Waals surface area (Å²) in [6, 6.07) is 7.24. The van der Waals surface area contributed by atoms with E-state index >= 15 is 0 Å². The van der Waals surface area contributed by atoms with E-state index in [1.807, 2.05) is 32.9 Å². The summed E-state index contributed by atoms with van der Waals surface area (Å²) in [4.78, 5) is 39.9. The fourth-order valence-electron chi connectivity index (χ4n) is 5.23. The van der Waals surface area contributed by atoms with Gasteiger partial charge in [0.2, 0.25) is 11.8 Å². The van der Waals surface area contributed by atoms with Crippen molar-refractivity contribution < 1.29 is 23.7 Å². The number of nitrogens with one attached hydrogen (secondary N) is 2. The highest BCUT2D eigenvalue weighted by molar-refractivity contribution is 7.90. The summed E-state index contributed by atoms with van der Waals surface area (Å²) in [7, 11) is 0. The molecule has 8 nitrogen and oxygen atoms in total. The minimum atomic E-state index is -1.34. The van der Waals surface area contributed by atoms with Gasteiger partial charge in [-0.05, 0) is 76.8 Å². The first-order valence-electron chi connectivity index (χ1n) is 12.2. The van der Waals surface area contributed by atoms with E-state index in [1.54, 1.807) is 0 Å². The van der Waals surface area contributed by atoms with Crippen molar-refractivity contribution in [3.8, 4) is 0 Å². The van der Waals surface area contributed by atoms with Crippen LogP contribution < -0.4 is 10.0 Å². The van der Waals surface area contributed by atoms with Gasteiger partial charge in [-0.25, -0.2) is 4.79 Å². The Balaban J connectivity index is 1.59. The molecule has 3 aliphatic rings. The standard InChI is InChI=1S/C25H35N3O5S/c1-24(2,3)34(32)27-25(13-6-8-17-7-4-5-9-20(17)25)14-10-19-21(29)26-23(31)28(22(19)30)18-11-15-33-16-12-18/h4-5,7,9,18-19,27H,6,8,10-16H2,1-3H3,(H,26,29,31)/t19-,25+,34?/m0/s1. The van der Waals surface area contributed by atoms with Gasteiger partial charge in [0, 0.05) is 30.6 Å². The number of amides is 4. The number of hydrogen-bond donors (Lipinski definition) is 2. The summed E-state index contributed by atoms with van der Waals surface area (Å²) < 4.78 is 21.5. The second-order valence-electron chi connectivity index (χ2n) is 10.5. The molecule has 0 radical (unpaired) electrons. The molecule has 2 N–H and O–H groups in total. The molecule has 0 saturated carbocycles. The molecule has 34 heavy (non-hydrogen) atoms. The maximum Gasteiger partial charge on any atom is 0.331 e. The van der Waals surface area contributed by atoms with Crippen molar-refractivity contribution >= 4 is 29.2 Å². The average Bonchev–Trinajstić information content (AvgIpc) is 2.79. The molecule has 0 spiro atoms. The van der Waals surface area contributed by atoms with Crippen LogP contribution in [0.1, 0.15) is 70.4 Å². The number of ether oxygens (including phenoxy) is 1. The van der Waals surface area contributed by atoms with Crippen LogP contribution in [0.5, 0.6) is 0 Å². The van der Waals surface area contributed by atoms with Crippen LogP contribution in [0.2, 0.25) is 0 Å². The summed E-state index contributed by atoms with van der Waals surface area (Å²) in [5.74, 6) is -1.93. The number of nitrogens with zero attached hydrogens (tertiary/aromatic N) is 1. The Hall–Kier alpha value is -1.94. The lowest BCUT2D eigenvalue weighted by Crippen LogP contribution is -2.62. The summed E-state index contributed by atoms with van der Waals surface area (Å²) in [6.07, 6.45) is 4.50. The third-order valence-electron chi connectivity index (χ3n) is 7.14.